The van der Waals surface area contributed by atoms with Crippen LogP contribution in [0.4, 0.5) is 0 Å². The van der Waals surface area contributed by atoms with E-state index in [-0.39, 0.29) is 5.82 Å². The summed E-state index contributed by atoms with van der Waals surface area (Å²) in [5, 5.41) is 8.40. The summed E-state index contributed by atoms with van der Waals surface area (Å²) in [6.45, 7) is 5.75. The van der Waals surface area contributed by atoms with Gasteiger partial charge >= 0.3 is 5.91 Å². The first-order chi connectivity index (χ1) is 11.6. The Hall–Kier alpha value is -3.09. The number of carbonyl (C=O) groups is 1. The van der Waals surface area contributed by atoms with E-state index in [0.29, 0.717) is 12.2 Å². The zero-order valence-electron chi connectivity index (χ0n) is 13.8. The number of amides is 1. The molecule has 1 amide bonds. The molecule has 0 fully saturated rings. The van der Waals surface area contributed by atoms with Gasteiger partial charge in [-0.15, -0.1) is 5.10 Å². The van der Waals surface area contributed by atoms with Crippen LogP contribution in [0, 0.1) is 13.8 Å². The van der Waals surface area contributed by atoms with Crippen molar-refractivity contribution in [1.82, 2.24) is 25.0 Å². The Balaban J connectivity index is 1.84. The van der Waals surface area contributed by atoms with E-state index in [2.05, 4.69) is 25.6 Å². The van der Waals surface area contributed by atoms with Crippen LogP contribution in [0.25, 0.3) is 5.78 Å². The van der Waals surface area contributed by atoms with Crippen LogP contribution in [0.3, 0.4) is 0 Å². The van der Waals surface area contributed by atoms with Gasteiger partial charge in [-0.05, 0) is 31.9 Å². The van der Waals surface area contributed by atoms with Crippen molar-refractivity contribution >= 4 is 17.4 Å². The average Bonchev–Trinajstić information content (AvgIpc) is 3.00. The number of fused-ring (bicyclic) bond motifs is 1. The Morgan fingerprint density at radius 3 is 2.67 bits per heavy atom. The molecule has 122 valence electrons. The van der Waals surface area contributed by atoms with Crippen LogP contribution in [-0.4, -0.2) is 31.2 Å². The van der Waals surface area contributed by atoms with Crippen LogP contribution < -0.4 is 5.43 Å². The summed E-state index contributed by atoms with van der Waals surface area (Å²) in [5.41, 5.74) is 5.98. The van der Waals surface area contributed by atoms with Gasteiger partial charge in [0.2, 0.25) is 5.82 Å². The smallest absolute Gasteiger partial charge is 0.264 e. The molecule has 0 aliphatic carbocycles. The second kappa shape index (κ2) is 6.57. The molecule has 0 radical (unpaired) electrons. The van der Waals surface area contributed by atoms with Gasteiger partial charge < -0.3 is 0 Å². The van der Waals surface area contributed by atoms with Crippen molar-refractivity contribution in [3.63, 3.8) is 0 Å². The standard InChI is InChI=1S/C17H18N6O/c1-4-14(13-8-6-5-7-9-13)20-21-16(24)15-19-17-18-11(2)10-12(3)23(17)22-15/h5-10H,4H2,1-3H3,(H,21,24). The van der Waals surface area contributed by atoms with Crippen LogP contribution in [0.1, 0.15) is 40.9 Å². The van der Waals surface area contributed by atoms with Crippen LogP contribution in [0.2, 0.25) is 0 Å². The maximum Gasteiger partial charge on any atom is 0.311 e. The van der Waals surface area contributed by atoms with Gasteiger partial charge in [0.05, 0.1) is 5.71 Å². The Kier molecular flexibility index (Phi) is 4.33. The van der Waals surface area contributed by atoms with E-state index in [1.54, 1.807) is 4.52 Å². The van der Waals surface area contributed by atoms with Gasteiger partial charge in [0.15, 0.2) is 0 Å². The first-order valence-electron chi connectivity index (χ1n) is 7.72. The summed E-state index contributed by atoms with van der Waals surface area (Å²) >= 11 is 0. The first kappa shape index (κ1) is 15.8. The quantitative estimate of drug-likeness (QED) is 0.590. The predicted molar refractivity (Wildman–Crippen MR) is 91.0 cm³/mol. The second-order valence-electron chi connectivity index (χ2n) is 5.41. The molecule has 0 spiro atoms. The fourth-order valence-corrected chi connectivity index (χ4v) is 2.41. The fourth-order valence-electron chi connectivity index (χ4n) is 2.41. The molecule has 2 aromatic heterocycles. The topological polar surface area (TPSA) is 84.5 Å². The van der Waals surface area contributed by atoms with Crippen molar-refractivity contribution in [2.24, 2.45) is 5.10 Å². The van der Waals surface area contributed by atoms with Crippen LogP contribution >= 0.6 is 0 Å². The molecule has 0 saturated carbocycles. The number of nitrogens with zero attached hydrogens (tertiary/aromatic N) is 5. The third kappa shape index (κ3) is 3.15. The van der Waals surface area contributed by atoms with Gasteiger partial charge in [-0.2, -0.15) is 10.1 Å². The lowest BCUT2D eigenvalue weighted by atomic mass is 10.1. The predicted octanol–water partition coefficient (Wildman–Crippen LogP) is 2.29. The molecule has 0 aliphatic rings. The highest BCUT2D eigenvalue weighted by Gasteiger charge is 2.15. The Morgan fingerprint density at radius 2 is 1.96 bits per heavy atom. The Morgan fingerprint density at radius 1 is 1.21 bits per heavy atom. The van der Waals surface area contributed by atoms with Gasteiger partial charge in [-0.25, -0.2) is 14.9 Å². The molecule has 7 nitrogen and oxygen atoms in total. The average molecular weight is 322 g/mol. The molecular formula is C17H18N6O. The summed E-state index contributed by atoms with van der Waals surface area (Å²) in [7, 11) is 0. The first-order valence-corrected chi connectivity index (χ1v) is 7.72. The number of hydrogen-bond donors (Lipinski definition) is 1. The molecule has 3 rings (SSSR count). The minimum Gasteiger partial charge on any atom is -0.264 e. The summed E-state index contributed by atoms with van der Waals surface area (Å²) in [4.78, 5) is 20.7. The number of carbonyl (C=O) groups excluding carboxylic acids is 1. The highest BCUT2D eigenvalue weighted by atomic mass is 16.2. The maximum absolute atomic E-state index is 12.3. The van der Waals surface area contributed by atoms with E-state index in [9.17, 15) is 4.79 Å². The zero-order chi connectivity index (χ0) is 17.1. The van der Waals surface area contributed by atoms with Crippen molar-refractivity contribution < 1.29 is 4.79 Å². The zero-order valence-corrected chi connectivity index (χ0v) is 13.8. The van der Waals surface area contributed by atoms with Gasteiger partial charge in [0.25, 0.3) is 5.78 Å². The summed E-state index contributed by atoms with van der Waals surface area (Å²) in [6, 6.07) is 11.6. The molecule has 0 saturated heterocycles. The largest absolute Gasteiger partial charge is 0.311 e. The molecule has 1 aromatic carbocycles. The third-order valence-corrected chi connectivity index (χ3v) is 3.56. The van der Waals surface area contributed by atoms with Crippen molar-refractivity contribution in [1.29, 1.82) is 0 Å². The molecule has 7 heteroatoms. The van der Waals surface area contributed by atoms with E-state index in [1.807, 2.05) is 57.2 Å². The molecule has 0 aliphatic heterocycles. The number of aromatic nitrogens is 4. The van der Waals surface area contributed by atoms with Crippen LogP contribution in [0.5, 0.6) is 0 Å². The maximum atomic E-state index is 12.3. The lowest BCUT2D eigenvalue weighted by Crippen LogP contribution is -2.21. The van der Waals surface area contributed by atoms with Crippen molar-refractivity contribution in [2.75, 3.05) is 0 Å². The molecule has 2 heterocycles. The molecule has 24 heavy (non-hydrogen) atoms. The second-order valence-corrected chi connectivity index (χ2v) is 5.41. The number of hydrazone groups is 1. The highest BCUT2D eigenvalue weighted by Crippen LogP contribution is 2.06. The van der Waals surface area contributed by atoms with E-state index >= 15 is 0 Å². The van der Waals surface area contributed by atoms with Crippen molar-refractivity contribution in [3.8, 4) is 0 Å². The fraction of sp³-hybridized carbons (Fsp3) is 0.235. The van der Waals surface area contributed by atoms with E-state index in [0.717, 1.165) is 22.7 Å². The minimum atomic E-state index is -0.459. The molecule has 0 bridgehead atoms. The Bertz CT molecular complexity index is 913. The lowest BCUT2D eigenvalue weighted by Gasteiger charge is -2.03. The number of aryl methyl sites for hydroxylation is 2. The van der Waals surface area contributed by atoms with Crippen LogP contribution in [-0.2, 0) is 0 Å². The number of benzene rings is 1. The van der Waals surface area contributed by atoms with E-state index in [1.165, 1.54) is 0 Å². The van der Waals surface area contributed by atoms with E-state index < -0.39 is 5.91 Å². The van der Waals surface area contributed by atoms with Gasteiger partial charge in [-0.1, -0.05) is 37.3 Å². The number of nitrogens with one attached hydrogen (secondary N) is 1. The minimum absolute atomic E-state index is 0.0449. The molecule has 1 N–H and O–H groups in total. The van der Waals surface area contributed by atoms with Gasteiger partial charge in [0.1, 0.15) is 0 Å². The number of rotatable bonds is 4. The van der Waals surface area contributed by atoms with Crippen molar-refractivity contribution in [2.45, 2.75) is 27.2 Å². The number of hydrogen-bond acceptors (Lipinski definition) is 5. The molecule has 3 aromatic rings. The lowest BCUT2D eigenvalue weighted by molar-refractivity contribution is 0.0944. The highest BCUT2D eigenvalue weighted by molar-refractivity contribution is 6.01. The van der Waals surface area contributed by atoms with Crippen LogP contribution in [0.15, 0.2) is 41.5 Å². The van der Waals surface area contributed by atoms with Gasteiger partial charge in [-0.3, -0.25) is 4.79 Å². The summed E-state index contributed by atoms with van der Waals surface area (Å²) in [5.74, 6) is -0.0108. The SMILES string of the molecule is CCC(=NNC(=O)c1nc2nc(C)cc(C)n2n1)c1ccccc1. The normalized spacial score (nSPS) is 11.7. The molecular weight excluding hydrogens is 304 g/mol. The monoisotopic (exact) mass is 322 g/mol. The third-order valence-electron chi connectivity index (χ3n) is 3.56. The Labute approximate surface area is 139 Å². The van der Waals surface area contributed by atoms with Crippen molar-refractivity contribution in [3.05, 3.63) is 59.2 Å². The van der Waals surface area contributed by atoms with Gasteiger partial charge in [0, 0.05) is 11.4 Å². The summed E-state index contributed by atoms with van der Waals surface area (Å²) < 4.78 is 1.55. The summed E-state index contributed by atoms with van der Waals surface area (Å²) in [6.07, 6.45) is 0.697. The molecule has 0 unspecified atom stereocenters. The van der Waals surface area contributed by atoms with E-state index in [4.69, 9.17) is 0 Å². The molecule has 0 atom stereocenters.